The zero-order chi connectivity index (χ0) is 48.6. The summed E-state index contributed by atoms with van der Waals surface area (Å²) in [4.78, 5) is 38.1. The van der Waals surface area contributed by atoms with Crippen molar-refractivity contribution >= 4 is 17.9 Å². The lowest BCUT2D eigenvalue weighted by atomic mass is 10.0. The van der Waals surface area contributed by atoms with Gasteiger partial charge in [-0.15, -0.1) is 0 Å². The van der Waals surface area contributed by atoms with E-state index in [0.717, 1.165) is 70.6 Å². The van der Waals surface area contributed by atoms with Crippen molar-refractivity contribution in [3.8, 4) is 0 Å². The van der Waals surface area contributed by atoms with Crippen LogP contribution in [0.2, 0.25) is 0 Å². The van der Waals surface area contributed by atoms with Crippen LogP contribution in [-0.4, -0.2) is 37.2 Å². The Morgan fingerprint density at radius 2 is 0.552 bits per heavy atom. The van der Waals surface area contributed by atoms with Crippen molar-refractivity contribution in [2.75, 3.05) is 13.2 Å². The minimum atomic E-state index is -0.771. The highest BCUT2D eigenvalue weighted by Crippen LogP contribution is 2.17. The molecule has 0 spiro atoms. The third kappa shape index (κ3) is 54.4. The molecule has 6 heteroatoms. The summed E-state index contributed by atoms with van der Waals surface area (Å²) in [6.45, 7) is 6.62. The first-order chi connectivity index (χ1) is 33.0. The lowest BCUT2D eigenvalue weighted by Crippen LogP contribution is -2.30. The van der Waals surface area contributed by atoms with Crippen LogP contribution in [0.25, 0.3) is 0 Å². The predicted octanol–water partition coefficient (Wildman–Crippen LogP) is 19.7. The number of hydrogen-bond acceptors (Lipinski definition) is 6. The van der Waals surface area contributed by atoms with E-state index in [1.807, 2.05) is 0 Å². The predicted molar refractivity (Wildman–Crippen MR) is 289 cm³/mol. The van der Waals surface area contributed by atoms with Crippen molar-refractivity contribution in [3.05, 3.63) is 36.5 Å². The molecule has 0 fully saturated rings. The first-order valence-electron chi connectivity index (χ1n) is 29.5. The molecule has 0 aromatic rings. The summed E-state index contributed by atoms with van der Waals surface area (Å²) in [7, 11) is 0. The average molecular weight is 942 g/mol. The minimum absolute atomic E-state index is 0.0713. The molecule has 0 aliphatic carbocycles. The molecular formula is C61H112O6. The molecule has 67 heavy (non-hydrogen) atoms. The first-order valence-corrected chi connectivity index (χ1v) is 29.5. The molecule has 0 saturated carbocycles. The van der Waals surface area contributed by atoms with Crippen LogP contribution >= 0.6 is 0 Å². The van der Waals surface area contributed by atoms with Gasteiger partial charge in [0.25, 0.3) is 0 Å². The lowest BCUT2D eigenvalue weighted by molar-refractivity contribution is -0.167. The molecular weight excluding hydrogens is 829 g/mol. The fraction of sp³-hybridized carbons (Fsp3) is 0.852. The SMILES string of the molecule is CCCC/C=C\CCCCCCCC(=O)OCC(COC(=O)CCCCCCCCCCCCCCC/C=C\C/C=C\CCCCCCC)OC(=O)CCCCCCCCCCCCCCC. The van der Waals surface area contributed by atoms with Crippen LogP contribution in [0.4, 0.5) is 0 Å². The van der Waals surface area contributed by atoms with E-state index >= 15 is 0 Å². The molecule has 392 valence electrons. The van der Waals surface area contributed by atoms with Crippen LogP contribution < -0.4 is 0 Å². The lowest BCUT2D eigenvalue weighted by Gasteiger charge is -2.18. The number of hydrogen-bond donors (Lipinski definition) is 0. The van der Waals surface area contributed by atoms with Gasteiger partial charge in [0.1, 0.15) is 13.2 Å². The topological polar surface area (TPSA) is 78.9 Å². The number of rotatable bonds is 54. The molecule has 6 nitrogen and oxygen atoms in total. The van der Waals surface area contributed by atoms with E-state index in [2.05, 4.69) is 57.2 Å². The Balaban J connectivity index is 4.19. The summed E-state index contributed by atoms with van der Waals surface area (Å²) < 4.78 is 16.8. The van der Waals surface area contributed by atoms with E-state index in [1.54, 1.807) is 0 Å². The molecule has 0 saturated heterocycles. The summed E-state index contributed by atoms with van der Waals surface area (Å²) in [5, 5.41) is 0. The quantitative estimate of drug-likeness (QED) is 0.0262. The first kappa shape index (κ1) is 64.6. The highest BCUT2D eigenvalue weighted by atomic mass is 16.6. The molecule has 0 aromatic carbocycles. The van der Waals surface area contributed by atoms with E-state index in [-0.39, 0.29) is 31.1 Å². The Labute approximate surface area is 416 Å². The maximum atomic E-state index is 12.8. The summed E-state index contributed by atoms with van der Waals surface area (Å²) >= 11 is 0. The molecule has 0 aliphatic heterocycles. The number of allylic oxidation sites excluding steroid dienone is 6. The molecule has 0 N–H and O–H groups in total. The normalized spacial score (nSPS) is 12.2. The second-order valence-electron chi connectivity index (χ2n) is 19.9. The Hall–Kier alpha value is -2.37. The summed E-state index contributed by atoms with van der Waals surface area (Å²) in [5.41, 5.74) is 0. The van der Waals surface area contributed by atoms with Gasteiger partial charge in [-0.1, -0.05) is 263 Å². The van der Waals surface area contributed by atoms with Gasteiger partial charge in [-0.25, -0.2) is 0 Å². The largest absolute Gasteiger partial charge is 0.462 e. The molecule has 0 aromatic heterocycles. The fourth-order valence-electron chi connectivity index (χ4n) is 8.63. The van der Waals surface area contributed by atoms with Crippen molar-refractivity contribution in [3.63, 3.8) is 0 Å². The van der Waals surface area contributed by atoms with E-state index in [4.69, 9.17) is 14.2 Å². The van der Waals surface area contributed by atoms with Gasteiger partial charge in [-0.2, -0.15) is 0 Å². The second kappa shape index (κ2) is 56.2. The van der Waals surface area contributed by atoms with E-state index in [1.165, 1.54) is 205 Å². The number of esters is 3. The van der Waals surface area contributed by atoms with Crippen molar-refractivity contribution < 1.29 is 28.6 Å². The van der Waals surface area contributed by atoms with Gasteiger partial charge in [-0.3, -0.25) is 14.4 Å². The highest BCUT2D eigenvalue weighted by molar-refractivity contribution is 5.71. The van der Waals surface area contributed by atoms with Crippen LogP contribution in [0, 0.1) is 0 Å². The number of carbonyl (C=O) groups excluding carboxylic acids is 3. The van der Waals surface area contributed by atoms with Gasteiger partial charge in [0.2, 0.25) is 0 Å². The van der Waals surface area contributed by atoms with Crippen LogP contribution in [0.5, 0.6) is 0 Å². The zero-order valence-corrected chi connectivity index (χ0v) is 44.9. The molecule has 0 rings (SSSR count). The van der Waals surface area contributed by atoms with Crippen LogP contribution in [0.1, 0.15) is 316 Å². The standard InChI is InChI=1S/C61H112O6/c1-4-7-10-13-16-19-22-24-25-26-27-28-29-30-31-32-33-34-35-37-39-42-45-48-51-54-60(63)66-57-58(56-65-59(62)53-50-47-44-41-38-21-18-15-12-9-6-3)67-61(64)55-52-49-46-43-40-36-23-20-17-14-11-8-5-2/h15,18,22,24,26-27,58H,4-14,16-17,19-21,23,25,28-57H2,1-3H3/b18-15-,24-22-,27-26-. The fourth-order valence-corrected chi connectivity index (χ4v) is 8.63. The number of unbranched alkanes of at least 4 members (excludes halogenated alkanes) is 37. The van der Waals surface area contributed by atoms with Crippen molar-refractivity contribution in [1.29, 1.82) is 0 Å². The van der Waals surface area contributed by atoms with Crippen molar-refractivity contribution in [1.82, 2.24) is 0 Å². The zero-order valence-electron chi connectivity index (χ0n) is 44.9. The number of carbonyl (C=O) groups is 3. The van der Waals surface area contributed by atoms with E-state index in [0.29, 0.717) is 19.3 Å². The Bertz CT molecular complexity index is 1130. The monoisotopic (exact) mass is 941 g/mol. The summed E-state index contributed by atoms with van der Waals surface area (Å²) in [5.74, 6) is -0.866. The van der Waals surface area contributed by atoms with Gasteiger partial charge in [0.15, 0.2) is 6.10 Å². The molecule has 1 atom stereocenters. The Morgan fingerprint density at radius 3 is 0.881 bits per heavy atom. The molecule has 0 amide bonds. The third-order valence-electron chi connectivity index (χ3n) is 13.1. The average Bonchev–Trinajstić information content (AvgIpc) is 3.33. The van der Waals surface area contributed by atoms with Gasteiger partial charge in [-0.05, 0) is 70.6 Å². The van der Waals surface area contributed by atoms with Gasteiger partial charge >= 0.3 is 17.9 Å². The van der Waals surface area contributed by atoms with Crippen molar-refractivity contribution in [2.24, 2.45) is 0 Å². The maximum Gasteiger partial charge on any atom is 0.306 e. The van der Waals surface area contributed by atoms with Crippen LogP contribution in [0.3, 0.4) is 0 Å². The molecule has 0 aliphatic rings. The third-order valence-corrected chi connectivity index (χ3v) is 13.1. The van der Waals surface area contributed by atoms with Crippen LogP contribution in [0.15, 0.2) is 36.5 Å². The number of ether oxygens (including phenoxy) is 3. The summed E-state index contributed by atoms with van der Waals surface area (Å²) in [6.07, 6.45) is 67.2. The molecule has 0 radical (unpaired) electrons. The Kier molecular flexibility index (Phi) is 54.2. The molecule has 1 unspecified atom stereocenters. The molecule has 0 bridgehead atoms. The van der Waals surface area contributed by atoms with Gasteiger partial charge in [0, 0.05) is 19.3 Å². The second-order valence-corrected chi connectivity index (χ2v) is 19.9. The van der Waals surface area contributed by atoms with E-state index < -0.39 is 6.10 Å². The van der Waals surface area contributed by atoms with Gasteiger partial charge in [0.05, 0.1) is 0 Å². The Morgan fingerprint density at radius 1 is 0.299 bits per heavy atom. The summed E-state index contributed by atoms with van der Waals surface area (Å²) in [6, 6.07) is 0. The smallest absolute Gasteiger partial charge is 0.306 e. The maximum absolute atomic E-state index is 12.8. The molecule has 0 heterocycles. The highest BCUT2D eigenvalue weighted by Gasteiger charge is 2.19. The van der Waals surface area contributed by atoms with Crippen molar-refractivity contribution in [2.45, 2.75) is 322 Å². The van der Waals surface area contributed by atoms with Crippen LogP contribution in [-0.2, 0) is 28.6 Å². The minimum Gasteiger partial charge on any atom is -0.462 e. The van der Waals surface area contributed by atoms with Gasteiger partial charge < -0.3 is 14.2 Å². The van der Waals surface area contributed by atoms with E-state index in [9.17, 15) is 14.4 Å².